The summed E-state index contributed by atoms with van der Waals surface area (Å²) in [6.07, 6.45) is 1.23. The zero-order chi connectivity index (χ0) is 13.9. The first-order valence-corrected chi connectivity index (χ1v) is 6.37. The summed E-state index contributed by atoms with van der Waals surface area (Å²) in [5.41, 5.74) is 5.25. The molecular weight excluding hydrogens is 257 g/mol. The molecule has 2 atom stereocenters. The zero-order valence-electron chi connectivity index (χ0n) is 10.5. The van der Waals surface area contributed by atoms with E-state index in [0.29, 0.717) is 12.8 Å². The van der Waals surface area contributed by atoms with Crippen molar-refractivity contribution in [2.24, 2.45) is 5.73 Å². The predicted molar refractivity (Wildman–Crippen MR) is 64.4 cm³/mol. The molecule has 0 bridgehead atoms. The fourth-order valence-electron chi connectivity index (χ4n) is 2.35. The van der Waals surface area contributed by atoms with E-state index >= 15 is 0 Å². The Morgan fingerprint density at radius 3 is 2.89 bits per heavy atom. The highest BCUT2D eigenvalue weighted by Gasteiger charge is 2.34. The second kappa shape index (κ2) is 5.88. The highest BCUT2D eigenvalue weighted by atomic mass is 19.4. The Labute approximate surface area is 110 Å². The van der Waals surface area contributed by atoms with Crippen LogP contribution in [0.5, 0.6) is 0 Å². The van der Waals surface area contributed by atoms with Gasteiger partial charge in [-0.3, -0.25) is 4.98 Å². The second-order valence-electron chi connectivity index (χ2n) is 4.78. The molecule has 6 heteroatoms. The van der Waals surface area contributed by atoms with E-state index in [1.165, 1.54) is 6.20 Å². The highest BCUT2D eigenvalue weighted by molar-refractivity contribution is 5.28. The molecule has 3 nitrogen and oxygen atoms in total. The maximum Gasteiger partial charge on any atom is 0.416 e. The summed E-state index contributed by atoms with van der Waals surface area (Å²) in [5, 5.41) is 0. The van der Waals surface area contributed by atoms with E-state index in [1.807, 2.05) is 0 Å². The first-order valence-electron chi connectivity index (χ1n) is 6.37. The normalized spacial score (nSPS) is 21.6. The van der Waals surface area contributed by atoms with Gasteiger partial charge in [0, 0.05) is 25.0 Å². The molecule has 1 aromatic heterocycles. The molecule has 1 fully saturated rings. The number of rotatable bonds is 4. The van der Waals surface area contributed by atoms with E-state index in [1.54, 1.807) is 0 Å². The Bertz CT molecular complexity index is 417. The third-order valence-electron chi connectivity index (χ3n) is 3.38. The second-order valence-corrected chi connectivity index (χ2v) is 4.78. The number of halogens is 3. The summed E-state index contributed by atoms with van der Waals surface area (Å²) in [5.74, 6) is 0. The fraction of sp³-hybridized carbons (Fsp3) is 0.615. The highest BCUT2D eigenvalue weighted by Crippen LogP contribution is 2.34. The molecule has 2 rings (SSSR count). The summed E-state index contributed by atoms with van der Waals surface area (Å²) in [6.45, 7) is 0.737. The molecule has 2 N–H and O–H groups in total. The lowest BCUT2D eigenvalue weighted by Gasteiger charge is -2.19. The van der Waals surface area contributed by atoms with Crippen LogP contribution in [0.15, 0.2) is 18.5 Å². The average Bonchev–Trinajstić information content (AvgIpc) is 2.88. The van der Waals surface area contributed by atoms with Crippen LogP contribution in [0.25, 0.3) is 0 Å². The largest absolute Gasteiger partial charge is 0.416 e. The van der Waals surface area contributed by atoms with E-state index in [-0.39, 0.29) is 11.7 Å². The first-order chi connectivity index (χ1) is 8.98. The van der Waals surface area contributed by atoms with Gasteiger partial charge in [-0.05, 0) is 37.3 Å². The number of aromatic nitrogens is 1. The number of ether oxygens (including phenoxy) is 1. The van der Waals surface area contributed by atoms with Crippen LogP contribution in [-0.2, 0) is 10.9 Å². The smallest absolute Gasteiger partial charge is 0.378 e. The summed E-state index contributed by atoms with van der Waals surface area (Å²) in [6, 6.07) is 0.316. The molecule has 1 aliphatic heterocycles. The van der Waals surface area contributed by atoms with Crippen molar-refractivity contribution in [2.75, 3.05) is 6.61 Å². The van der Waals surface area contributed by atoms with Gasteiger partial charge in [0.05, 0.1) is 11.7 Å². The maximum atomic E-state index is 12.8. The van der Waals surface area contributed by atoms with Crippen molar-refractivity contribution in [1.29, 1.82) is 0 Å². The van der Waals surface area contributed by atoms with Gasteiger partial charge in [-0.15, -0.1) is 0 Å². The Morgan fingerprint density at radius 1 is 1.47 bits per heavy atom. The quantitative estimate of drug-likeness (QED) is 0.918. The predicted octanol–water partition coefficient (Wildman–Crippen LogP) is 3.06. The van der Waals surface area contributed by atoms with E-state index in [9.17, 15) is 13.2 Å². The lowest BCUT2D eigenvalue weighted by Crippen LogP contribution is -2.19. The Morgan fingerprint density at radius 2 is 2.26 bits per heavy atom. The number of pyridine rings is 1. The Hall–Kier alpha value is -1.14. The van der Waals surface area contributed by atoms with Crippen molar-refractivity contribution in [2.45, 2.75) is 44.0 Å². The first kappa shape index (κ1) is 14.3. The molecule has 2 heterocycles. The molecule has 0 radical (unpaired) electrons. The topological polar surface area (TPSA) is 48.1 Å². The molecule has 0 saturated carbocycles. The van der Waals surface area contributed by atoms with Crippen molar-refractivity contribution < 1.29 is 17.9 Å². The van der Waals surface area contributed by atoms with E-state index < -0.39 is 17.8 Å². The van der Waals surface area contributed by atoms with E-state index in [2.05, 4.69) is 4.98 Å². The molecule has 0 amide bonds. The molecule has 19 heavy (non-hydrogen) atoms. The molecule has 0 aliphatic carbocycles. The van der Waals surface area contributed by atoms with Gasteiger partial charge < -0.3 is 10.5 Å². The van der Waals surface area contributed by atoms with Crippen LogP contribution in [0.4, 0.5) is 13.2 Å². The minimum absolute atomic E-state index is 0.0630. The molecule has 0 spiro atoms. The maximum absolute atomic E-state index is 12.8. The summed E-state index contributed by atoms with van der Waals surface area (Å²) in [7, 11) is 0. The van der Waals surface area contributed by atoms with Crippen molar-refractivity contribution in [3.8, 4) is 0 Å². The number of alkyl halides is 3. The van der Waals surface area contributed by atoms with Crippen molar-refractivity contribution in [3.05, 3.63) is 29.6 Å². The van der Waals surface area contributed by atoms with Crippen LogP contribution < -0.4 is 5.73 Å². The Balaban J connectivity index is 2.03. The van der Waals surface area contributed by atoms with Crippen LogP contribution in [0.3, 0.4) is 0 Å². The third kappa shape index (κ3) is 3.67. The fourth-order valence-corrected chi connectivity index (χ4v) is 2.35. The number of hydrogen-bond acceptors (Lipinski definition) is 3. The van der Waals surface area contributed by atoms with Gasteiger partial charge >= 0.3 is 6.18 Å². The summed E-state index contributed by atoms with van der Waals surface area (Å²) >= 11 is 0. The monoisotopic (exact) mass is 274 g/mol. The number of nitrogens with two attached hydrogens (primary N) is 1. The molecule has 2 unspecified atom stereocenters. The van der Waals surface area contributed by atoms with Gasteiger partial charge in [0.15, 0.2) is 0 Å². The van der Waals surface area contributed by atoms with E-state index in [0.717, 1.165) is 31.7 Å². The van der Waals surface area contributed by atoms with Gasteiger partial charge in [0.25, 0.3) is 0 Å². The summed E-state index contributed by atoms with van der Waals surface area (Å²) in [4.78, 5) is 3.75. The molecule has 0 aromatic carbocycles. The minimum atomic E-state index is -4.39. The average molecular weight is 274 g/mol. The van der Waals surface area contributed by atoms with Gasteiger partial charge in [-0.25, -0.2) is 0 Å². The van der Waals surface area contributed by atoms with Gasteiger partial charge in [-0.2, -0.15) is 13.2 Å². The SMILES string of the molecule is NC(CCC1CCCO1)c1cnccc1C(F)(F)F. The van der Waals surface area contributed by atoms with Crippen LogP contribution in [0.1, 0.15) is 42.9 Å². The van der Waals surface area contributed by atoms with Gasteiger partial charge in [-0.1, -0.05) is 0 Å². The molecule has 1 aliphatic rings. The van der Waals surface area contributed by atoms with Crippen LogP contribution in [-0.4, -0.2) is 17.7 Å². The summed E-state index contributed by atoms with van der Waals surface area (Å²) < 4.78 is 44.0. The molecular formula is C13H17F3N2O. The van der Waals surface area contributed by atoms with Crippen molar-refractivity contribution in [1.82, 2.24) is 4.98 Å². The van der Waals surface area contributed by atoms with Crippen molar-refractivity contribution in [3.63, 3.8) is 0 Å². The molecule has 1 aromatic rings. The number of nitrogens with zero attached hydrogens (tertiary/aromatic N) is 1. The molecule has 106 valence electrons. The van der Waals surface area contributed by atoms with E-state index in [4.69, 9.17) is 10.5 Å². The lowest BCUT2D eigenvalue weighted by atomic mass is 9.97. The van der Waals surface area contributed by atoms with Gasteiger partial charge in [0.1, 0.15) is 0 Å². The van der Waals surface area contributed by atoms with Crippen LogP contribution >= 0.6 is 0 Å². The molecule has 1 saturated heterocycles. The standard InChI is InChI=1S/C13H17F3N2O/c14-13(15,16)11-5-6-18-8-10(11)12(17)4-3-9-2-1-7-19-9/h5-6,8-9,12H,1-4,7,17H2. The number of hydrogen-bond donors (Lipinski definition) is 1. The van der Waals surface area contributed by atoms with Crippen molar-refractivity contribution >= 4 is 0 Å². The lowest BCUT2D eigenvalue weighted by molar-refractivity contribution is -0.138. The van der Waals surface area contributed by atoms with Crippen LogP contribution in [0.2, 0.25) is 0 Å². The van der Waals surface area contributed by atoms with Crippen LogP contribution in [0, 0.1) is 0 Å². The minimum Gasteiger partial charge on any atom is -0.378 e. The Kier molecular flexibility index (Phi) is 4.42. The van der Waals surface area contributed by atoms with Gasteiger partial charge in [0.2, 0.25) is 0 Å². The third-order valence-corrected chi connectivity index (χ3v) is 3.38. The zero-order valence-corrected chi connectivity index (χ0v) is 10.5.